The summed E-state index contributed by atoms with van der Waals surface area (Å²) < 4.78 is 62.2. The molecular weight excluding hydrogens is 853 g/mol. The van der Waals surface area contributed by atoms with Crippen molar-refractivity contribution in [3.63, 3.8) is 0 Å². The van der Waals surface area contributed by atoms with Crippen LogP contribution in [0.3, 0.4) is 0 Å². The van der Waals surface area contributed by atoms with Crippen molar-refractivity contribution < 1.29 is 71.0 Å². The van der Waals surface area contributed by atoms with Crippen LogP contribution >= 0.6 is 0 Å². The van der Waals surface area contributed by atoms with Crippen molar-refractivity contribution in [3.8, 4) is 0 Å². The van der Waals surface area contributed by atoms with Crippen molar-refractivity contribution in [2.75, 3.05) is 26.4 Å². The van der Waals surface area contributed by atoms with Gasteiger partial charge >= 0.3 is 17.9 Å². The second-order valence-electron chi connectivity index (χ2n) is 17.2. The van der Waals surface area contributed by atoms with Crippen LogP contribution in [0.5, 0.6) is 0 Å². The number of imide groups is 1. The SMILES string of the molecule is CC(=O)OC[C@H]1O[C@@H](O[C@H]2[C@H](OCc3ccccc3)[C@@H](N=[N+]=[N-])[C@H](O[Si](C)(C)C(C)(C)C(C)C)O[C@@H]2COCc2ccccc2)[C@H](N2C(=O)COCC2=O)[C@@H](OC(C)=O)[C@@H]1OC(C)=O. The summed E-state index contributed by atoms with van der Waals surface area (Å²) in [6.07, 6.45) is -11.1. The number of hydrogen-bond acceptors (Lipinski definition) is 16. The Morgan fingerprint density at radius 3 is 1.89 bits per heavy atom. The van der Waals surface area contributed by atoms with Gasteiger partial charge in [0.05, 0.1) is 19.8 Å². The van der Waals surface area contributed by atoms with Crippen LogP contribution in [0.2, 0.25) is 18.1 Å². The molecule has 3 heterocycles. The molecule has 3 fully saturated rings. The Balaban J connectivity index is 1.68. The number of esters is 3. The van der Waals surface area contributed by atoms with Crippen molar-refractivity contribution in [1.82, 2.24) is 4.90 Å². The van der Waals surface area contributed by atoms with Crippen molar-refractivity contribution in [3.05, 3.63) is 82.2 Å². The second kappa shape index (κ2) is 22.4. The Kier molecular flexibility index (Phi) is 17.6. The number of nitrogens with zero attached hydrogens (tertiary/aromatic N) is 4. The van der Waals surface area contributed by atoms with Crippen LogP contribution in [0.15, 0.2) is 65.8 Å². The maximum absolute atomic E-state index is 13.7. The van der Waals surface area contributed by atoms with Gasteiger partial charge in [0, 0.05) is 25.7 Å². The quantitative estimate of drug-likeness (QED) is 0.0338. The minimum Gasteiger partial charge on any atom is -0.463 e. The number of amides is 2. The molecule has 2 aromatic rings. The number of hydrogen-bond donors (Lipinski definition) is 0. The van der Waals surface area contributed by atoms with Crippen molar-refractivity contribution in [2.45, 2.75) is 141 Å². The minimum atomic E-state index is -2.76. The number of morpholine rings is 1. The fourth-order valence-corrected chi connectivity index (χ4v) is 10.2. The van der Waals surface area contributed by atoms with Crippen molar-refractivity contribution in [2.24, 2.45) is 11.0 Å². The number of benzene rings is 2. The third-order valence-corrected chi connectivity index (χ3v) is 16.6. The van der Waals surface area contributed by atoms with Gasteiger partial charge in [0.15, 0.2) is 33.1 Å². The molecule has 10 atom stereocenters. The minimum absolute atomic E-state index is 0.0134. The van der Waals surface area contributed by atoms with Crippen LogP contribution in [-0.2, 0) is 84.2 Å². The Hall–Kier alpha value is -4.76. The summed E-state index contributed by atoms with van der Waals surface area (Å²) >= 11 is 0. The van der Waals surface area contributed by atoms with E-state index in [1.54, 1.807) is 0 Å². The lowest BCUT2D eigenvalue weighted by atomic mass is 9.93. The fourth-order valence-electron chi connectivity index (χ4n) is 7.69. The molecule has 0 N–H and O–H groups in total. The highest BCUT2D eigenvalue weighted by Gasteiger charge is 2.59. The lowest BCUT2D eigenvalue weighted by Gasteiger charge is -2.52. The molecule has 2 aromatic carbocycles. The van der Waals surface area contributed by atoms with E-state index in [2.05, 4.69) is 50.8 Å². The Morgan fingerprint density at radius 1 is 0.797 bits per heavy atom. The highest BCUT2D eigenvalue weighted by molar-refractivity contribution is 6.74. The maximum atomic E-state index is 13.7. The largest absolute Gasteiger partial charge is 0.463 e. The standard InChI is InChI=1S/C44H60N4O15Si/c1-26(2)44(6,7)64(8,9)63-42-36(46-47-45)40(57-21-31-18-14-11-15-19-31)38(32(60-42)22-54-20-30-16-12-10-13-17-30)62-43-37(48-34(52)24-55-25-35(48)53)41(59-29(5)51)39(58-28(4)50)33(61-43)23-56-27(3)49/h10-19,26,32-33,36-43H,20-25H2,1-9H3/t32-,33-,36-,37-,38-,39-,40-,41-,42+,43+/m1/s1. The molecule has 0 saturated carbocycles. The van der Waals surface area contributed by atoms with E-state index >= 15 is 0 Å². The van der Waals surface area contributed by atoms with Crippen LogP contribution in [0.25, 0.3) is 10.4 Å². The summed E-state index contributed by atoms with van der Waals surface area (Å²) in [5.41, 5.74) is 11.8. The third kappa shape index (κ3) is 12.5. The summed E-state index contributed by atoms with van der Waals surface area (Å²) in [6.45, 7) is 14.3. The van der Waals surface area contributed by atoms with Gasteiger partial charge in [-0.1, -0.05) is 93.5 Å². The van der Waals surface area contributed by atoms with Gasteiger partial charge in [-0.15, -0.1) is 0 Å². The molecular formula is C44H60N4O15Si. The summed E-state index contributed by atoms with van der Waals surface area (Å²) in [5, 5.41) is 3.90. The van der Waals surface area contributed by atoms with Crippen molar-refractivity contribution in [1.29, 1.82) is 0 Å². The molecule has 0 bridgehead atoms. The second-order valence-corrected chi connectivity index (χ2v) is 21.8. The topological polar surface area (TPSA) is 230 Å². The first-order valence-electron chi connectivity index (χ1n) is 21.2. The third-order valence-electron chi connectivity index (χ3n) is 12.1. The van der Waals surface area contributed by atoms with Crippen LogP contribution < -0.4 is 0 Å². The lowest BCUT2D eigenvalue weighted by molar-refractivity contribution is -0.338. The van der Waals surface area contributed by atoms with E-state index in [9.17, 15) is 29.5 Å². The molecule has 2 amide bonds. The molecule has 0 radical (unpaired) electrons. The van der Waals surface area contributed by atoms with Crippen LogP contribution in [-0.4, -0.2) is 131 Å². The highest BCUT2D eigenvalue weighted by atomic mass is 28.4. The number of rotatable bonds is 19. The van der Waals surface area contributed by atoms with E-state index in [0.29, 0.717) is 0 Å². The first-order chi connectivity index (χ1) is 30.3. The van der Waals surface area contributed by atoms with Gasteiger partial charge in [-0.3, -0.25) is 28.9 Å². The van der Waals surface area contributed by atoms with E-state index < -0.39 is 119 Å². The molecule has 3 aliphatic rings. The van der Waals surface area contributed by atoms with Crippen LogP contribution in [0.1, 0.15) is 59.6 Å². The molecule has 0 aliphatic carbocycles. The predicted octanol–water partition coefficient (Wildman–Crippen LogP) is 5.14. The monoisotopic (exact) mass is 912 g/mol. The smallest absolute Gasteiger partial charge is 0.303 e. The van der Waals surface area contributed by atoms with Crippen LogP contribution in [0.4, 0.5) is 0 Å². The summed E-state index contributed by atoms with van der Waals surface area (Å²) in [4.78, 5) is 69.1. The molecule has 19 nitrogen and oxygen atoms in total. The molecule has 0 spiro atoms. The first-order valence-corrected chi connectivity index (χ1v) is 24.1. The lowest BCUT2D eigenvalue weighted by Crippen LogP contribution is -2.71. The molecule has 3 saturated heterocycles. The van der Waals surface area contributed by atoms with Gasteiger partial charge in [-0.05, 0) is 40.7 Å². The van der Waals surface area contributed by atoms with E-state index in [1.165, 1.54) is 0 Å². The number of azide groups is 1. The number of ether oxygens (including phenoxy) is 9. The molecule has 0 unspecified atom stereocenters. The van der Waals surface area contributed by atoms with E-state index in [-0.39, 0.29) is 30.8 Å². The van der Waals surface area contributed by atoms with Gasteiger partial charge < -0.3 is 47.1 Å². The van der Waals surface area contributed by atoms with E-state index in [1.807, 2.05) is 60.7 Å². The fraction of sp³-hybridized carbons (Fsp3) is 0.614. The molecule has 3 aliphatic heterocycles. The zero-order chi connectivity index (χ0) is 46.8. The molecule has 0 aromatic heterocycles. The van der Waals surface area contributed by atoms with E-state index in [4.69, 9.17) is 47.1 Å². The zero-order valence-corrected chi connectivity index (χ0v) is 38.8. The first kappa shape index (κ1) is 50.2. The average Bonchev–Trinajstić information content (AvgIpc) is 3.23. The van der Waals surface area contributed by atoms with Crippen LogP contribution in [0, 0.1) is 5.92 Å². The molecule has 64 heavy (non-hydrogen) atoms. The highest BCUT2D eigenvalue weighted by Crippen LogP contribution is 2.47. The Labute approximate surface area is 373 Å². The van der Waals surface area contributed by atoms with Gasteiger partial charge in [0.2, 0.25) is 0 Å². The van der Waals surface area contributed by atoms with E-state index in [0.717, 1.165) is 36.8 Å². The van der Waals surface area contributed by atoms with Gasteiger partial charge in [-0.2, -0.15) is 0 Å². The van der Waals surface area contributed by atoms with Crippen molar-refractivity contribution >= 4 is 38.0 Å². The Morgan fingerprint density at radius 2 is 1.34 bits per heavy atom. The predicted molar refractivity (Wildman–Crippen MR) is 228 cm³/mol. The average molecular weight is 913 g/mol. The zero-order valence-electron chi connectivity index (χ0n) is 37.8. The molecule has 20 heteroatoms. The Bertz CT molecular complexity index is 1950. The summed E-state index contributed by atoms with van der Waals surface area (Å²) in [6, 6.07) is 15.8. The summed E-state index contributed by atoms with van der Waals surface area (Å²) in [5.74, 6) is -3.91. The molecule has 350 valence electrons. The van der Waals surface area contributed by atoms with Gasteiger partial charge in [0.25, 0.3) is 11.8 Å². The number of carbonyl (C=O) groups excluding carboxylic acids is 5. The number of carbonyl (C=O) groups is 5. The van der Waals surface area contributed by atoms with Gasteiger partial charge in [-0.25, -0.2) is 0 Å². The van der Waals surface area contributed by atoms with Gasteiger partial charge in [0.1, 0.15) is 56.3 Å². The maximum Gasteiger partial charge on any atom is 0.303 e. The molecule has 5 rings (SSSR count). The summed E-state index contributed by atoms with van der Waals surface area (Å²) in [7, 11) is -2.76. The normalized spacial score (nSPS) is 27.7.